The maximum atomic E-state index is 12.9. The van der Waals surface area contributed by atoms with Crippen LogP contribution < -0.4 is 10.5 Å². The number of nitrogens with two attached hydrogens (primary N) is 1. The first-order valence-corrected chi connectivity index (χ1v) is 6.14. The molecule has 0 spiro atoms. The van der Waals surface area contributed by atoms with Gasteiger partial charge in [0, 0.05) is 0 Å². The highest BCUT2D eigenvalue weighted by Gasteiger charge is 2.18. The summed E-state index contributed by atoms with van der Waals surface area (Å²) in [5.74, 6) is -1.07. The van der Waals surface area contributed by atoms with Gasteiger partial charge < -0.3 is 10.9 Å². The van der Waals surface area contributed by atoms with Crippen LogP contribution in [0.2, 0.25) is 5.02 Å². The van der Waals surface area contributed by atoms with E-state index in [1.54, 1.807) is 0 Å². The van der Waals surface area contributed by atoms with E-state index in [0.29, 0.717) is 0 Å². The Morgan fingerprint density at radius 3 is 2.82 bits per heavy atom. The molecule has 0 aromatic heterocycles. The number of rotatable bonds is 4. The molecule has 9 heteroatoms. The highest BCUT2D eigenvalue weighted by molar-refractivity contribution is 7.89. The van der Waals surface area contributed by atoms with Crippen LogP contribution in [-0.4, -0.2) is 26.0 Å². The van der Waals surface area contributed by atoms with Gasteiger partial charge in [-0.1, -0.05) is 16.8 Å². The Morgan fingerprint density at radius 1 is 1.59 bits per heavy atom. The number of hydrogen-bond acceptors (Lipinski definition) is 4. The van der Waals surface area contributed by atoms with Crippen molar-refractivity contribution in [2.24, 2.45) is 10.9 Å². The Labute approximate surface area is 102 Å². The van der Waals surface area contributed by atoms with E-state index in [1.165, 1.54) is 0 Å². The molecular weight excluding hydrogens is 273 g/mol. The lowest BCUT2D eigenvalue weighted by atomic mass is 10.3. The van der Waals surface area contributed by atoms with Crippen molar-refractivity contribution in [1.82, 2.24) is 4.72 Å². The second kappa shape index (κ2) is 5.30. The number of hydrogen-bond donors (Lipinski definition) is 3. The highest BCUT2D eigenvalue weighted by atomic mass is 35.5. The second-order valence-corrected chi connectivity index (χ2v) is 5.13. The van der Waals surface area contributed by atoms with Crippen LogP contribution in [0.3, 0.4) is 0 Å². The van der Waals surface area contributed by atoms with E-state index in [4.69, 9.17) is 22.5 Å². The Morgan fingerprint density at radius 2 is 2.24 bits per heavy atom. The van der Waals surface area contributed by atoms with Gasteiger partial charge in [0.2, 0.25) is 10.0 Å². The predicted molar refractivity (Wildman–Crippen MR) is 60.0 cm³/mol. The number of sulfonamides is 1. The summed E-state index contributed by atoms with van der Waals surface area (Å²) in [7, 11) is -4.01. The minimum Gasteiger partial charge on any atom is -0.409 e. The zero-order chi connectivity index (χ0) is 13.1. The molecule has 0 aliphatic rings. The minimum atomic E-state index is -4.01. The summed E-state index contributed by atoms with van der Waals surface area (Å²) in [6.07, 6.45) is 0. The van der Waals surface area contributed by atoms with E-state index in [-0.39, 0.29) is 10.9 Å². The van der Waals surface area contributed by atoms with Crippen molar-refractivity contribution in [2.45, 2.75) is 4.90 Å². The average molecular weight is 282 g/mol. The number of amidine groups is 1. The molecule has 0 bridgehead atoms. The summed E-state index contributed by atoms with van der Waals surface area (Å²) in [5, 5.41) is 10.7. The molecule has 0 amide bonds. The summed E-state index contributed by atoms with van der Waals surface area (Å²) < 4.78 is 38.2. The molecule has 0 radical (unpaired) electrons. The Bertz CT molecular complexity index is 547. The zero-order valence-electron chi connectivity index (χ0n) is 8.39. The Kier molecular flexibility index (Phi) is 4.27. The molecule has 6 nitrogen and oxygen atoms in total. The summed E-state index contributed by atoms with van der Waals surface area (Å²) in [4.78, 5) is -0.412. The first-order valence-electron chi connectivity index (χ1n) is 4.28. The fourth-order valence-electron chi connectivity index (χ4n) is 0.965. The minimum absolute atomic E-state index is 0.126. The summed E-state index contributed by atoms with van der Waals surface area (Å²) in [5.41, 5.74) is 5.09. The van der Waals surface area contributed by atoms with Gasteiger partial charge in [-0.15, -0.1) is 0 Å². The molecule has 0 fully saturated rings. The van der Waals surface area contributed by atoms with Crippen LogP contribution in [0.25, 0.3) is 0 Å². The van der Waals surface area contributed by atoms with Crippen molar-refractivity contribution < 1.29 is 18.0 Å². The molecular formula is C8H9ClFN3O3S. The van der Waals surface area contributed by atoms with Gasteiger partial charge in [0.25, 0.3) is 0 Å². The third-order valence-corrected chi connectivity index (χ3v) is 3.64. The molecule has 0 atom stereocenters. The molecule has 17 heavy (non-hydrogen) atoms. The topological polar surface area (TPSA) is 105 Å². The molecule has 1 rings (SSSR count). The van der Waals surface area contributed by atoms with Gasteiger partial charge in [0.15, 0.2) is 5.84 Å². The molecule has 0 aliphatic carbocycles. The van der Waals surface area contributed by atoms with Crippen molar-refractivity contribution in [2.75, 3.05) is 6.54 Å². The van der Waals surface area contributed by atoms with E-state index >= 15 is 0 Å². The SMILES string of the molecule is N/C(CNS(=O)(=O)c1cc(F)ccc1Cl)=N/O. The number of halogens is 2. The van der Waals surface area contributed by atoms with E-state index < -0.39 is 27.3 Å². The van der Waals surface area contributed by atoms with Crippen molar-refractivity contribution in [3.63, 3.8) is 0 Å². The van der Waals surface area contributed by atoms with Crippen LogP contribution in [0, 0.1) is 5.82 Å². The fraction of sp³-hybridized carbons (Fsp3) is 0.125. The van der Waals surface area contributed by atoms with E-state index in [0.717, 1.165) is 18.2 Å². The first-order chi connectivity index (χ1) is 7.86. The quantitative estimate of drug-likeness (QED) is 0.323. The van der Waals surface area contributed by atoms with Crippen LogP contribution in [0.4, 0.5) is 4.39 Å². The third-order valence-electron chi connectivity index (χ3n) is 1.75. The van der Waals surface area contributed by atoms with Crippen molar-refractivity contribution in [3.05, 3.63) is 29.0 Å². The fourth-order valence-corrected chi connectivity index (χ4v) is 2.47. The molecule has 0 saturated carbocycles. The largest absolute Gasteiger partial charge is 0.409 e. The number of benzene rings is 1. The normalized spacial score (nSPS) is 12.7. The van der Waals surface area contributed by atoms with Gasteiger partial charge in [-0.2, -0.15) is 0 Å². The Hall–Kier alpha value is -1.38. The summed E-state index contributed by atoms with van der Waals surface area (Å²) >= 11 is 5.63. The van der Waals surface area contributed by atoms with E-state index in [1.807, 2.05) is 4.72 Å². The van der Waals surface area contributed by atoms with Gasteiger partial charge >= 0.3 is 0 Å². The predicted octanol–water partition coefficient (Wildman–Crippen LogP) is 0.504. The molecule has 0 aliphatic heterocycles. The van der Waals surface area contributed by atoms with Gasteiger partial charge in [-0.3, -0.25) is 0 Å². The molecule has 1 aromatic rings. The first kappa shape index (κ1) is 13.7. The monoisotopic (exact) mass is 281 g/mol. The standard InChI is InChI=1S/C8H9ClFN3O3S/c9-6-2-1-5(10)3-7(6)17(15,16)12-4-8(11)13-14/h1-3,12,14H,4H2,(H2,11,13). The third kappa shape index (κ3) is 3.55. The summed E-state index contributed by atoms with van der Waals surface area (Å²) in [6.45, 7) is -0.411. The van der Waals surface area contributed by atoms with Crippen LogP contribution in [-0.2, 0) is 10.0 Å². The maximum Gasteiger partial charge on any atom is 0.242 e. The van der Waals surface area contributed by atoms with Gasteiger partial charge in [-0.05, 0) is 18.2 Å². The molecule has 0 heterocycles. The van der Waals surface area contributed by atoms with Gasteiger partial charge in [-0.25, -0.2) is 17.5 Å². The van der Waals surface area contributed by atoms with Crippen molar-refractivity contribution in [1.29, 1.82) is 0 Å². The van der Waals surface area contributed by atoms with Crippen LogP contribution in [0.15, 0.2) is 28.3 Å². The van der Waals surface area contributed by atoms with Crippen molar-refractivity contribution in [3.8, 4) is 0 Å². The highest BCUT2D eigenvalue weighted by Crippen LogP contribution is 2.21. The van der Waals surface area contributed by atoms with Crippen LogP contribution >= 0.6 is 11.6 Å². The second-order valence-electron chi connectivity index (χ2n) is 2.99. The number of oxime groups is 1. The van der Waals surface area contributed by atoms with Gasteiger partial charge in [0.05, 0.1) is 11.6 Å². The lowest BCUT2D eigenvalue weighted by molar-refractivity contribution is 0.317. The van der Waals surface area contributed by atoms with Crippen LogP contribution in [0.1, 0.15) is 0 Å². The molecule has 0 saturated heterocycles. The van der Waals surface area contributed by atoms with E-state index in [2.05, 4.69) is 5.16 Å². The smallest absolute Gasteiger partial charge is 0.242 e. The van der Waals surface area contributed by atoms with Crippen LogP contribution in [0.5, 0.6) is 0 Å². The number of nitrogens with one attached hydrogen (secondary N) is 1. The van der Waals surface area contributed by atoms with E-state index in [9.17, 15) is 12.8 Å². The molecule has 94 valence electrons. The molecule has 0 unspecified atom stereocenters. The zero-order valence-corrected chi connectivity index (χ0v) is 9.96. The lowest BCUT2D eigenvalue weighted by Crippen LogP contribution is -2.33. The average Bonchev–Trinajstić information content (AvgIpc) is 2.29. The summed E-state index contributed by atoms with van der Waals surface area (Å²) in [6, 6.07) is 2.93. The van der Waals surface area contributed by atoms with Crippen molar-refractivity contribution >= 4 is 27.5 Å². The lowest BCUT2D eigenvalue weighted by Gasteiger charge is -2.07. The number of nitrogens with zero attached hydrogens (tertiary/aromatic N) is 1. The molecule has 1 aromatic carbocycles. The molecule has 4 N–H and O–H groups in total. The van der Waals surface area contributed by atoms with Gasteiger partial charge in [0.1, 0.15) is 10.7 Å². The Balaban J connectivity index is 3.01. The maximum absolute atomic E-state index is 12.9.